The maximum absolute atomic E-state index is 5.71. The summed E-state index contributed by atoms with van der Waals surface area (Å²) < 4.78 is 1.19. The number of anilines is 1. The van der Waals surface area contributed by atoms with Crippen molar-refractivity contribution in [3.8, 4) is 0 Å². The van der Waals surface area contributed by atoms with Crippen molar-refractivity contribution in [2.24, 2.45) is 11.1 Å². The predicted molar refractivity (Wildman–Crippen MR) is 89.0 cm³/mol. The lowest BCUT2D eigenvalue weighted by molar-refractivity contribution is 0.144. The van der Waals surface area contributed by atoms with Gasteiger partial charge in [0.05, 0.1) is 5.69 Å². The highest BCUT2D eigenvalue weighted by Gasteiger charge is 2.35. The van der Waals surface area contributed by atoms with E-state index in [9.17, 15) is 0 Å². The molecule has 1 spiro atoms. The van der Waals surface area contributed by atoms with Crippen LogP contribution in [-0.4, -0.2) is 13.1 Å². The van der Waals surface area contributed by atoms with Crippen LogP contribution >= 0.6 is 15.9 Å². The second kappa shape index (κ2) is 6.07. The minimum Gasteiger partial charge on any atom is -0.371 e. The zero-order valence-electron chi connectivity index (χ0n) is 12.2. The SMILES string of the molecule is NCc1ccc(N2CCC3(CCCCC3)CC2)c(Br)c1. The summed E-state index contributed by atoms with van der Waals surface area (Å²) in [6.45, 7) is 3.03. The molecule has 0 aromatic heterocycles. The van der Waals surface area contributed by atoms with Crippen molar-refractivity contribution in [3.63, 3.8) is 0 Å². The molecule has 2 N–H and O–H groups in total. The zero-order chi connectivity index (χ0) is 14.0. The number of piperidine rings is 1. The van der Waals surface area contributed by atoms with E-state index in [1.807, 2.05) is 0 Å². The molecule has 2 aliphatic rings. The van der Waals surface area contributed by atoms with Crippen LogP contribution < -0.4 is 10.6 Å². The van der Waals surface area contributed by atoms with Crippen molar-refractivity contribution in [3.05, 3.63) is 28.2 Å². The Morgan fingerprint density at radius 2 is 1.75 bits per heavy atom. The van der Waals surface area contributed by atoms with E-state index in [0.29, 0.717) is 12.0 Å². The Labute approximate surface area is 130 Å². The highest BCUT2D eigenvalue weighted by atomic mass is 79.9. The Bertz CT molecular complexity index is 456. The molecule has 0 amide bonds. The second-order valence-electron chi connectivity index (χ2n) is 6.54. The van der Waals surface area contributed by atoms with Gasteiger partial charge in [-0.3, -0.25) is 0 Å². The molecule has 0 unspecified atom stereocenters. The molecule has 2 fully saturated rings. The van der Waals surface area contributed by atoms with Crippen molar-refractivity contribution in [1.29, 1.82) is 0 Å². The van der Waals surface area contributed by atoms with Crippen molar-refractivity contribution < 1.29 is 0 Å². The van der Waals surface area contributed by atoms with E-state index in [1.165, 1.54) is 73.8 Å². The molecule has 1 aliphatic heterocycles. The van der Waals surface area contributed by atoms with Gasteiger partial charge in [-0.2, -0.15) is 0 Å². The van der Waals surface area contributed by atoms with Gasteiger partial charge in [0.15, 0.2) is 0 Å². The first-order valence-corrected chi connectivity index (χ1v) is 8.75. The van der Waals surface area contributed by atoms with E-state index in [-0.39, 0.29) is 0 Å². The third-order valence-corrected chi connectivity index (χ3v) is 5.96. The van der Waals surface area contributed by atoms with Crippen molar-refractivity contribution in [1.82, 2.24) is 0 Å². The van der Waals surface area contributed by atoms with E-state index >= 15 is 0 Å². The molecule has 1 aromatic rings. The molecular formula is C17H25BrN2. The molecule has 0 radical (unpaired) electrons. The van der Waals surface area contributed by atoms with Crippen molar-refractivity contribution >= 4 is 21.6 Å². The quantitative estimate of drug-likeness (QED) is 0.863. The Balaban J connectivity index is 1.68. The van der Waals surface area contributed by atoms with Gasteiger partial charge in [-0.1, -0.05) is 25.3 Å². The molecule has 2 nitrogen and oxygen atoms in total. The van der Waals surface area contributed by atoms with E-state index in [4.69, 9.17) is 5.73 Å². The van der Waals surface area contributed by atoms with Gasteiger partial charge in [-0.05, 0) is 64.7 Å². The van der Waals surface area contributed by atoms with E-state index in [1.54, 1.807) is 0 Å². The fourth-order valence-electron chi connectivity index (χ4n) is 3.96. The van der Waals surface area contributed by atoms with Gasteiger partial charge in [0.1, 0.15) is 0 Å². The largest absolute Gasteiger partial charge is 0.371 e. The van der Waals surface area contributed by atoms with Crippen LogP contribution in [0.15, 0.2) is 22.7 Å². The maximum Gasteiger partial charge on any atom is 0.0510 e. The van der Waals surface area contributed by atoms with Crippen LogP contribution in [0.5, 0.6) is 0 Å². The third kappa shape index (κ3) is 2.89. The highest BCUT2D eigenvalue weighted by Crippen LogP contribution is 2.45. The molecule has 1 saturated carbocycles. The summed E-state index contributed by atoms with van der Waals surface area (Å²) >= 11 is 3.71. The number of nitrogens with zero attached hydrogens (tertiary/aromatic N) is 1. The average Bonchev–Trinajstić information content (AvgIpc) is 2.49. The van der Waals surface area contributed by atoms with Crippen LogP contribution in [0.1, 0.15) is 50.5 Å². The molecule has 1 aliphatic carbocycles. The number of halogens is 1. The van der Waals surface area contributed by atoms with Gasteiger partial charge in [0.25, 0.3) is 0 Å². The summed E-state index contributed by atoms with van der Waals surface area (Å²) in [5.74, 6) is 0. The number of hydrogen-bond donors (Lipinski definition) is 1. The fourth-order valence-corrected chi connectivity index (χ4v) is 4.63. The average molecular weight is 337 g/mol. The number of rotatable bonds is 2. The van der Waals surface area contributed by atoms with Crippen molar-refractivity contribution in [2.75, 3.05) is 18.0 Å². The molecule has 1 heterocycles. The second-order valence-corrected chi connectivity index (χ2v) is 7.39. The molecular weight excluding hydrogens is 312 g/mol. The zero-order valence-corrected chi connectivity index (χ0v) is 13.8. The molecule has 3 heteroatoms. The van der Waals surface area contributed by atoms with Gasteiger partial charge in [-0.15, -0.1) is 0 Å². The lowest BCUT2D eigenvalue weighted by atomic mass is 9.68. The van der Waals surface area contributed by atoms with Crippen LogP contribution in [0.25, 0.3) is 0 Å². The van der Waals surface area contributed by atoms with Crippen LogP contribution in [-0.2, 0) is 6.54 Å². The number of hydrogen-bond acceptors (Lipinski definition) is 2. The smallest absolute Gasteiger partial charge is 0.0510 e. The summed E-state index contributed by atoms with van der Waals surface area (Å²) in [5, 5.41) is 0. The Hall–Kier alpha value is -0.540. The summed E-state index contributed by atoms with van der Waals surface area (Å²) in [6.07, 6.45) is 10.0. The summed E-state index contributed by atoms with van der Waals surface area (Å²) in [6, 6.07) is 6.55. The van der Waals surface area contributed by atoms with Crippen molar-refractivity contribution in [2.45, 2.75) is 51.5 Å². The predicted octanol–water partition coefficient (Wildman–Crippen LogP) is 4.46. The minimum absolute atomic E-state index is 0.613. The summed E-state index contributed by atoms with van der Waals surface area (Å²) in [7, 11) is 0. The molecule has 20 heavy (non-hydrogen) atoms. The molecule has 0 bridgehead atoms. The van der Waals surface area contributed by atoms with Crippen LogP contribution in [0.3, 0.4) is 0 Å². The number of nitrogens with two attached hydrogens (primary N) is 1. The highest BCUT2D eigenvalue weighted by molar-refractivity contribution is 9.10. The maximum atomic E-state index is 5.71. The minimum atomic E-state index is 0.613. The first-order valence-electron chi connectivity index (χ1n) is 7.96. The van der Waals surface area contributed by atoms with Gasteiger partial charge in [0, 0.05) is 24.1 Å². The van der Waals surface area contributed by atoms with E-state index < -0.39 is 0 Å². The molecule has 0 atom stereocenters. The molecule has 3 rings (SSSR count). The van der Waals surface area contributed by atoms with Gasteiger partial charge >= 0.3 is 0 Å². The Morgan fingerprint density at radius 3 is 2.35 bits per heavy atom. The van der Waals surface area contributed by atoms with Crippen LogP contribution in [0.4, 0.5) is 5.69 Å². The first-order chi connectivity index (χ1) is 9.72. The molecule has 1 saturated heterocycles. The first kappa shape index (κ1) is 14.4. The normalized spacial score (nSPS) is 22.2. The van der Waals surface area contributed by atoms with Gasteiger partial charge in [-0.25, -0.2) is 0 Å². The molecule has 1 aromatic carbocycles. The standard InChI is InChI=1S/C17H25BrN2/c18-15-12-14(13-19)4-5-16(15)20-10-8-17(9-11-20)6-2-1-3-7-17/h4-5,12H,1-3,6-11,13,19H2. The Kier molecular flexibility index (Phi) is 4.37. The monoisotopic (exact) mass is 336 g/mol. The van der Waals surface area contributed by atoms with E-state index in [2.05, 4.69) is 39.0 Å². The van der Waals surface area contributed by atoms with Gasteiger partial charge in [0.2, 0.25) is 0 Å². The lowest BCUT2D eigenvalue weighted by Gasteiger charge is -2.45. The topological polar surface area (TPSA) is 29.3 Å². The third-order valence-electron chi connectivity index (χ3n) is 5.33. The fraction of sp³-hybridized carbons (Fsp3) is 0.647. The van der Waals surface area contributed by atoms with Crippen LogP contribution in [0, 0.1) is 5.41 Å². The van der Waals surface area contributed by atoms with E-state index in [0.717, 1.165) is 0 Å². The molecule has 110 valence electrons. The van der Waals surface area contributed by atoms with Crippen LogP contribution in [0.2, 0.25) is 0 Å². The summed E-state index contributed by atoms with van der Waals surface area (Å²) in [5.41, 5.74) is 8.92. The number of benzene rings is 1. The Morgan fingerprint density at radius 1 is 1.05 bits per heavy atom. The lowest BCUT2D eigenvalue weighted by Crippen LogP contribution is -2.41. The summed E-state index contributed by atoms with van der Waals surface area (Å²) in [4.78, 5) is 2.55. The van der Waals surface area contributed by atoms with Gasteiger partial charge < -0.3 is 10.6 Å².